The van der Waals surface area contributed by atoms with Crippen molar-refractivity contribution in [1.82, 2.24) is 14.9 Å². The van der Waals surface area contributed by atoms with Gasteiger partial charge in [-0.2, -0.15) is 0 Å². The minimum atomic E-state index is -0.0827. The molecule has 3 rings (SSSR count). The first-order valence-electron chi connectivity index (χ1n) is 8.07. The molecule has 0 amide bonds. The van der Waals surface area contributed by atoms with Gasteiger partial charge in [-0.3, -0.25) is 0 Å². The fourth-order valence-corrected chi connectivity index (χ4v) is 3.44. The Morgan fingerprint density at radius 3 is 2.81 bits per heavy atom. The van der Waals surface area contributed by atoms with Crippen LogP contribution < -0.4 is 11.1 Å². The van der Waals surface area contributed by atoms with Crippen molar-refractivity contribution in [2.75, 3.05) is 24.1 Å². The lowest BCUT2D eigenvalue weighted by Gasteiger charge is -2.35. The van der Waals surface area contributed by atoms with Crippen LogP contribution in [0.3, 0.4) is 0 Å². The average molecular weight is 289 g/mol. The van der Waals surface area contributed by atoms with Crippen molar-refractivity contribution in [3.8, 4) is 0 Å². The van der Waals surface area contributed by atoms with Gasteiger partial charge in [0.15, 0.2) is 0 Å². The second kappa shape index (κ2) is 5.44. The molecule has 116 valence electrons. The van der Waals surface area contributed by atoms with Crippen LogP contribution in [-0.4, -0.2) is 40.0 Å². The Morgan fingerprint density at radius 2 is 2.05 bits per heavy atom. The summed E-state index contributed by atoms with van der Waals surface area (Å²) in [5.74, 6) is 2.24. The summed E-state index contributed by atoms with van der Waals surface area (Å²) in [7, 11) is 0. The molecule has 21 heavy (non-hydrogen) atoms. The molecule has 3 N–H and O–H groups in total. The van der Waals surface area contributed by atoms with E-state index in [1.54, 1.807) is 0 Å². The van der Waals surface area contributed by atoms with Crippen LogP contribution in [0, 0.1) is 0 Å². The molecule has 2 fully saturated rings. The Balaban J connectivity index is 1.71. The lowest BCUT2D eigenvalue weighted by molar-refractivity contribution is 0.188. The fourth-order valence-electron chi connectivity index (χ4n) is 3.44. The Morgan fingerprint density at radius 1 is 1.24 bits per heavy atom. The van der Waals surface area contributed by atoms with Gasteiger partial charge in [-0.25, -0.2) is 9.97 Å². The number of anilines is 2. The van der Waals surface area contributed by atoms with E-state index in [1.165, 1.54) is 38.8 Å². The van der Waals surface area contributed by atoms with Gasteiger partial charge in [-0.05, 0) is 32.2 Å². The van der Waals surface area contributed by atoms with Gasteiger partial charge >= 0.3 is 0 Å². The van der Waals surface area contributed by atoms with Gasteiger partial charge in [0.2, 0.25) is 0 Å². The van der Waals surface area contributed by atoms with Crippen LogP contribution in [0.4, 0.5) is 11.6 Å². The highest BCUT2D eigenvalue weighted by molar-refractivity contribution is 5.46. The maximum atomic E-state index is 5.95. The van der Waals surface area contributed by atoms with Crippen LogP contribution in [0.1, 0.15) is 52.3 Å². The van der Waals surface area contributed by atoms with Crippen molar-refractivity contribution in [3.63, 3.8) is 0 Å². The number of hydrogen-bond acceptors (Lipinski definition) is 5. The number of piperidine rings is 1. The lowest BCUT2D eigenvalue weighted by Crippen LogP contribution is -2.42. The number of hydrogen-bond donors (Lipinski definition) is 2. The maximum absolute atomic E-state index is 5.95. The van der Waals surface area contributed by atoms with Crippen LogP contribution in [0.15, 0.2) is 6.07 Å². The number of aromatic nitrogens is 2. The van der Waals surface area contributed by atoms with E-state index in [1.807, 2.05) is 6.07 Å². The van der Waals surface area contributed by atoms with Crippen LogP contribution >= 0.6 is 0 Å². The minimum Gasteiger partial charge on any atom is -0.384 e. The number of nitrogen functional groups attached to an aromatic ring is 1. The number of nitrogens with one attached hydrogen (secondary N) is 1. The summed E-state index contributed by atoms with van der Waals surface area (Å²) in [4.78, 5) is 11.7. The predicted octanol–water partition coefficient (Wildman–Crippen LogP) is 2.40. The summed E-state index contributed by atoms with van der Waals surface area (Å²) in [5.41, 5.74) is 5.86. The quantitative estimate of drug-likeness (QED) is 0.875. The topological polar surface area (TPSA) is 67.1 Å². The van der Waals surface area contributed by atoms with Crippen LogP contribution in [0.25, 0.3) is 0 Å². The monoisotopic (exact) mass is 289 g/mol. The minimum absolute atomic E-state index is 0.0827. The van der Waals surface area contributed by atoms with Crippen molar-refractivity contribution in [2.45, 2.75) is 64.0 Å². The summed E-state index contributed by atoms with van der Waals surface area (Å²) in [5, 5.41) is 3.59. The summed E-state index contributed by atoms with van der Waals surface area (Å²) in [6.45, 7) is 8.83. The van der Waals surface area contributed by atoms with Crippen LogP contribution in [0.2, 0.25) is 0 Å². The maximum Gasteiger partial charge on any atom is 0.138 e. The van der Waals surface area contributed by atoms with Crippen molar-refractivity contribution >= 4 is 11.6 Å². The zero-order valence-electron chi connectivity index (χ0n) is 13.4. The summed E-state index contributed by atoms with van der Waals surface area (Å²) < 4.78 is 0. The van der Waals surface area contributed by atoms with E-state index in [9.17, 15) is 0 Å². The van der Waals surface area contributed by atoms with Crippen LogP contribution in [0.5, 0.6) is 0 Å². The number of nitrogens with zero attached hydrogens (tertiary/aromatic N) is 3. The van der Waals surface area contributed by atoms with Crippen molar-refractivity contribution in [1.29, 1.82) is 0 Å². The Labute approximate surface area is 127 Å². The first-order valence-corrected chi connectivity index (χ1v) is 8.07. The van der Waals surface area contributed by atoms with Gasteiger partial charge < -0.3 is 16.0 Å². The molecule has 5 heteroatoms. The molecule has 2 unspecified atom stereocenters. The second-order valence-electron chi connectivity index (χ2n) is 7.45. The molecule has 1 aromatic heterocycles. The molecule has 2 aliphatic heterocycles. The molecule has 0 saturated carbocycles. The van der Waals surface area contributed by atoms with E-state index in [2.05, 4.69) is 41.0 Å². The van der Waals surface area contributed by atoms with E-state index in [4.69, 9.17) is 5.73 Å². The molecule has 0 spiro atoms. The highest BCUT2D eigenvalue weighted by Crippen LogP contribution is 2.29. The first kappa shape index (κ1) is 14.6. The van der Waals surface area contributed by atoms with Gasteiger partial charge in [-0.1, -0.05) is 20.8 Å². The molecule has 0 bridgehead atoms. The standard InChI is InChI=1S/C16H27N5/c1-16(2,3)15-19-13(17)10-14(20-15)18-11-6-8-21-7-4-5-12(21)9-11/h10-12H,4-9H2,1-3H3,(H3,17,18,19,20). The average Bonchev–Trinajstić information content (AvgIpc) is 2.84. The van der Waals surface area contributed by atoms with Crippen molar-refractivity contribution in [3.05, 3.63) is 11.9 Å². The summed E-state index contributed by atoms with van der Waals surface area (Å²) >= 11 is 0. The summed E-state index contributed by atoms with van der Waals surface area (Å²) in [6.07, 6.45) is 5.10. The Bertz CT molecular complexity index is 508. The Kier molecular flexibility index (Phi) is 3.78. The molecular weight excluding hydrogens is 262 g/mol. The molecular formula is C16H27N5. The molecule has 2 aliphatic rings. The third kappa shape index (κ3) is 3.28. The third-order valence-electron chi connectivity index (χ3n) is 4.59. The molecule has 0 aliphatic carbocycles. The Hall–Kier alpha value is -1.36. The highest BCUT2D eigenvalue weighted by Gasteiger charge is 2.31. The molecule has 5 nitrogen and oxygen atoms in total. The van der Waals surface area contributed by atoms with Gasteiger partial charge in [-0.15, -0.1) is 0 Å². The molecule has 0 aromatic carbocycles. The molecule has 3 heterocycles. The van der Waals surface area contributed by atoms with E-state index < -0.39 is 0 Å². The number of rotatable bonds is 2. The third-order valence-corrected chi connectivity index (χ3v) is 4.59. The predicted molar refractivity (Wildman–Crippen MR) is 86.4 cm³/mol. The van der Waals surface area contributed by atoms with E-state index in [-0.39, 0.29) is 5.41 Å². The summed E-state index contributed by atoms with van der Waals surface area (Å²) in [6, 6.07) is 3.12. The van der Waals surface area contributed by atoms with Crippen molar-refractivity contribution < 1.29 is 0 Å². The van der Waals surface area contributed by atoms with Gasteiger partial charge in [0, 0.05) is 30.1 Å². The van der Waals surface area contributed by atoms with Gasteiger partial charge in [0.1, 0.15) is 17.5 Å². The normalized spacial score (nSPS) is 26.6. The molecule has 1 aromatic rings. The van der Waals surface area contributed by atoms with E-state index in [0.29, 0.717) is 11.9 Å². The largest absolute Gasteiger partial charge is 0.384 e. The van der Waals surface area contributed by atoms with Crippen LogP contribution in [-0.2, 0) is 5.41 Å². The fraction of sp³-hybridized carbons (Fsp3) is 0.750. The zero-order chi connectivity index (χ0) is 15.0. The number of fused-ring (bicyclic) bond motifs is 1. The second-order valence-corrected chi connectivity index (χ2v) is 7.45. The van der Waals surface area contributed by atoms with Gasteiger partial charge in [0.25, 0.3) is 0 Å². The van der Waals surface area contributed by atoms with E-state index >= 15 is 0 Å². The lowest BCUT2D eigenvalue weighted by atomic mass is 9.95. The van der Waals surface area contributed by atoms with E-state index in [0.717, 1.165) is 17.7 Å². The SMILES string of the molecule is CC(C)(C)c1nc(N)cc(NC2CCN3CCCC3C2)n1. The van der Waals surface area contributed by atoms with Gasteiger partial charge in [0.05, 0.1) is 0 Å². The zero-order valence-corrected chi connectivity index (χ0v) is 13.4. The number of nitrogens with two attached hydrogens (primary N) is 1. The first-order chi connectivity index (χ1) is 9.91. The van der Waals surface area contributed by atoms with Crippen molar-refractivity contribution in [2.24, 2.45) is 0 Å². The molecule has 2 atom stereocenters. The highest BCUT2D eigenvalue weighted by atomic mass is 15.2. The molecule has 2 saturated heterocycles. The molecule has 0 radical (unpaired) electrons. The smallest absolute Gasteiger partial charge is 0.138 e.